The first kappa shape index (κ1) is 27.4. The Bertz CT molecular complexity index is 304. The van der Waals surface area contributed by atoms with Crippen molar-refractivity contribution in [2.24, 2.45) is 0 Å². The smallest absolute Gasteiger partial charge is 0.305 e. The average molecular weight is 399 g/mol. The Kier molecular flexibility index (Phi) is 24.0. The lowest BCUT2D eigenvalue weighted by Gasteiger charge is -2.06. The SMILES string of the molecule is CCCCCCCCCCCCCOCCOC(=O)CCCCCCCCC. The summed E-state index contributed by atoms with van der Waals surface area (Å²) in [6.07, 6.45) is 24.0. The minimum atomic E-state index is -0.0631. The van der Waals surface area contributed by atoms with Crippen LogP contribution in [0.25, 0.3) is 0 Å². The molecule has 0 bridgehead atoms. The monoisotopic (exact) mass is 398 g/mol. The van der Waals surface area contributed by atoms with Crippen molar-refractivity contribution in [1.29, 1.82) is 0 Å². The number of esters is 1. The number of ether oxygens (including phenoxy) is 2. The third kappa shape index (κ3) is 23.5. The largest absolute Gasteiger partial charge is 0.463 e. The quantitative estimate of drug-likeness (QED) is 0.129. The van der Waals surface area contributed by atoms with Crippen LogP contribution in [0.5, 0.6) is 0 Å². The van der Waals surface area contributed by atoms with Crippen LogP contribution in [0.2, 0.25) is 0 Å². The van der Waals surface area contributed by atoms with Crippen LogP contribution in [0, 0.1) is 0 Å². The molecule has 0 unspecified atom stereocenters. The highest BCUT2D eigenvalue weighted by Crippen LogP contribution is 2.11. The third-order valence-electron chi connectivity index (χ3n) is 5.37. The van der Waals surface area contributed by atoms with Crippen molar-refractivity contribution in [2.45, 2.75) is 136 Å². The second-order valence-corrected chi connectivity index (χ2v) is 8.24. The van der Waals surface area contributed by atoms with E-state index in [1.807, 2.05) is 0 Å². The maximum atomic E-state index is 11.6. The van der Waals surface area contributed by atoms with Crippen molar-refractivity contribution in [1.82, 2.24) is 0 Å². The lowest BCUT2D eigenvalue weighted by atomic mass is 10.1. The molecule has 0 radical (unpaired) electrons. The van der Waals surface area contributed by atoms with Gasteiger partial charge in [-0.05, 0) is 12.8 Å². The van der Waals surface area contributed by atoms with Gasteiger partial charge in [0.05, 0.1) is 6.61 Å². The molecule has 0 saturated heterocycles. The molecule has 168 valence electrons. The Morgan fingerprint density at radius 1 is 0.500 bits per heavy atom. The molecule has 0 atom stereocenters. The summed E-state index contributed by atoms with van der Waals surface area (Å²) in [7, 11) is 0. The molecule has 0 amide bonds. The molecule has 0 aromatic carbocycles. The summed E-state index contributed by atoms with van der Waals surface area (Å²) >= 11 is 0. The van der Waals surface area contributed by atoms with Gasteiger partial charge in [-0.1, -0.05) is 117 Å². The van der Waals surface area contributed by atoms with Gasteiger partial charge in [-0.3, -0.25) is 4.79 Å². The van der Waals surface area contributed by atoms with Crippen LogP contribution < -0.4 is 0 Å². The molecule has 0 fully saturated rings. The molecule has 3 nitrogen and oxygen atoms in total. The van der Waals surface area contributed by atoms with Gasteiger partial charge < -0.3 is 9.47 Å². The van der Waals surface area contributed by atoms with Gasteiger partial charge in [-0.15, -0.1) is 0 Å². The predicted molar refractivity (Wildman–Crippen MR) is 121 cm³/mol. The molecule has 0 saturated carbocycles. The lowest BCUT2D eigenvalue weighted by molar-refractivity contribution is -0.145. The zero-order valence-electron chi connectivity index (χ0n) is 19.3. The van der Waals surface area contributed by atoms with Gasteiger partial charge >= 0.3 is 5.97 Å². The minimum Gasteiger partial charge on any atom is -0.463 e. The summed E-state index contributed by atoms with van der Waals surface area (Å²) in [5, 5.41) is 0. The van der Waals surface area contributed by atoms with Crippen LogP contribution in [-0.2, 0) is 14.3 Å². The van der Waals surface area contributed by atoms with Gasteiger partial charge in [0, 0.05) is 13.0 Å². The van der Waals surface area contributed by atoms with E-state index < -0.39 is 0 Å². The highest BCUT2D eigenvalue weighted by Gasteiger charge is 2.02. The van der Waals surface area contributed by atoms with Crippen LogP contribution in [0.4, 0.5) is 0 Å². The first-order valence-electron chi connectivity index (χ1n) is 12.5. The Labute approximate surface area is 176 Å². The summed E-state index contributed by atoms with van der Waals surface area (Å²) in [4.78, 5) is 11.6. The Morgan fingerprint density at radius 3 is 1.43 bits per heavy atom. The average Bonchev–Trinajstić information content (AvgIpc) is 2.70. The highest BCUT2D eigenvalue weighted by molar-refractivity contribution is 5.69. The van der Waals surface area contributed by atoms with Gasteiger partial charge in [0.2, 0.25) is 0 Å². The van der Waals surface area contributed by atoms with Crippen molar-refractivity contribution >= 4 is 5.97 Å². The standard InChI is InChI=1S/C25H50O3/c1-3-5-7-9-11-12-13-14-16-18-20-22-27-23-24-28-25(26)21-19-17-15-10-8-6-4-2/h3-24H2,1-2H3. The van der Waals surface area contributed by atoms with Gasteiger partial charge in [-0.25, -0.2) is 0 Å². The van der Waals surface area contributed by atoms with Gasteiger partial charge in [0.15, 0.2) is 0 Å². The van der Waals surface area contributed by atoms with E-state index in [0.29, 0.717) is 19.6 Å². The summed E-state index contributed by atoms with van der Waals surface area (Å²) < 4.78 is 10.8. The highest BCUT2D eigenvalue weighted by atomic mass is 16.6. The molecule has 0 N–H and O–H groups in total. The molecule has 0 aliphatic carbocycles. The molecule has 0 rings (SSSR count). The normalized spacial score (nSPS) is 11.1. The van der Waals surface area contributed by atoms with Crippen LogP contribution >= 0.6 is 0 Å². The molecule has 3 heteroatoms. The molecule has 0 spiro atoms. The van der Waals surface area contributed by atoms with Crippen LogP contribution in [-0.4, -0.2) is 25.8 Å². The second kappa shape index (κ2) is 24.5. The second-order valence-electron chi connectivity index (χ2n) is 8.24. The molecule has 0 aliphatic rings. The van der Waals surface area contributed by atoms with E-state index in [2.05, 4.69) is 13.8 Å². The van der Waals surface area contributed by atoms with E-state index >= 15 is 0 Å². The topological polar surface area (TPSA) is 35.5 Å². The summed E-state index contributed by atoms with van der Waals surface area (Å²) in [6, 6.07) is 0. The van der Waals surface area contributed by atoms with E-state index in [1.165, 1.54) is 96.3 Å². The Hall–Kier alpha value is -0.570. The maximum Gasteiger partial charge on any atom is 0.305 e. The summed E-state index contributed by atoms with van der Waals surface area (Å²) in [5.74, 6) is -0.0631. The van der Waals surface area contributed by atoms with E-state index in [-0.39, 0.29) is 5.97 Å². The van der Waals surface area contributed by atoms with E-state index in [4.69, 9.17) is 9.47 Å². The zero-order valence-corrected chi connectivity index (χ0v) is 19.3. The van der Waals surface area contributed by atoms with Crippen LogP contribution in [0.3, 0.4) is 0 Å². The van der Waals surface area contributed by atoms with Gasteiger partial charge in [-0.2, -0.15) is 0 Å². The fourth-order valence-corrected chi connectivity index (χ4v) is 3.48. The van der Waals surface area contributed by atoms with E-state index in [0.717, 1.165) is 25.9 Å². The van der Waals surface area contributed by atoms with Crippen molar-refractivity contribution in [3.8, 4) is 0 Å². The number of hydrogen-bond donors (Lipinski definition) is 0. The number of hydrogen-bond acceptors (Lipinski definition) is 3. The number of carbonyl (C=O) groups is 1. The molecule has 0 aromatic heterocycles. The first-order chi connectivity index (χ1) is 13.8. The van der Waals surface area contributed by atoms with E-state index in [9.17, 15) is 4.79 Å². The minimum absolute atomic E-state index is 0.0631. The molecule has 28 heavy (non-hydrogen) atoms. The number of rotatable bonds is 23. The third-order valence-corrected chi connectivity index (χ3v) is 5.37. The summed E-state index contributed by atoms with van der Waals surface area (Å²) in [5.41, 5.74) is 0. The first-order valence-corrected chi connectivity index (χ1v) is 12.5. The lowest BCUT2D eigenvalue weighted by Crippen LogP contribution is -2.10. The van der Waals surface area contributed by atoms with Crippen LogP contribution in [0.1, 0.15) is 136 Å². The van der Waals surface area contributed by atoms with Crippen LogP contribution in [0.15, 0.2) is 0 Å². The Balaban J connectivity index is 3.11. The summed E-state index contributed by atoms with van der Waals surface area (Å²) in [6.45, 7) is 6.26. The number of carbonyl (C=O) groups excluding carboxylic acids is 1. The fourth-order valence-electron chi connectivity index (χ4n) is 3.48. The van der Waals surface area contributed by atoms with E-state index in [1.54, 1.807) is 0 Å². The van der Waals surface area contributed by atoms with Gasteiger partial charge in [0.1, 0.15) is 6.61 Å². The van der Waals surface area contributed by atoms with Crippen molar-refractivity contribution < 1.29 is 14.3 Å². The molecule has 0 aromatic rings. The van der Waals surface area contributed by atoms with Crippen molar-refractivity contribution in [3.05, 3.63) is 0 Å². The molecule has 0 heterocycles. The maximum absolute atomic E-state index is 11.6. The molecule has 0 aliphatic heterocycles. The predicted octanol–water partition coefficient (Wildman–Crippen LogP) is 8.00. The zero-order chi connectivity index (χ0) is 20.5. The molecular formula is C25H50O3. The number of unbranched alkanes of at least 4 members (excludes halogenated alkanes) is 16. The van der Waals surface area contributed by atoms with Crippen molar-refractivity contribution in [3.63, 3.8) is 0 Å². The van der Waals surface area contributed by atoms with Crippen molar-refractivity contribution in [2.75, 3.05) is 19.8 Å². The molecular weight excluding hydrogens is 348 g/mol. The Morgan fingerprint density at radius 2 is 0.929 bits per heavy atom. The van der Waals surface area contributed by atoms with Gasteiger partial charge in [0.25, 0.3) is 0 Å². The fraction of sp³-hybridized carbons (Fsp3) is 0.960.